The van der Waals surface area contributed by atoms with Crippen LogP contribution in [0.4, 0.5) is 0 Å². The average Bonchev–Trinajstić information content (AvgIpc) is 2.56. The van der Waals surface area contributed by atoms with E-state index < -0.39 is 0 Å². The van der Waals surface area contributed by atoms with Gasteiger partial charge in [-0.15, -0.1) is 0 Å². The van der Waals surface area contributed by atoms with Crippen molar-refractivity contribution in [2.75, 3.05) is 26.3 Å². The second-order valence-electron chi connectivity index (χ2n) is 6.22. The van der Waals surface area contributed by atoms with E-state index >= 15 is 0 Å². The van der Waals surface area contributed by atoms with E-state index in [-0.39, 0.29) is 0 Å². The lowest BCUT2D eigenvalue weighted by atomic mass is 9.76. The highest BCUT2D eigenvalue weighted by Crippen LogP contribution is 2.39. The summed E-state index contributed by atoms with van der Waals surface area (Å²) in [6.45, 7) is 5.61. The van der Waals surface area contributed by atoms with Gasteiger partial charge in [-0.1, -0.05) is 32.3 Å². The van der Waals surface area contributed by atoms with E-state index in [1.165, 1.54) is 37.7 Å². The summed E-state index contributed by atoms with van der Waals surface area (Å²) < 4.78 is 11.4. The van der Waals surface area contributed by atoms with Crippen LogP contribution < -0.4 is 14.8 Å². The van der Waals surface area contributed by atoms with Gasteiger partial charge in [0.15, 0.2) is 11.5 Å². The van der Waals surface area contributed by atoms with E-state index in [1.54, 1.807) is 0 Å². The molecule has 0 radical (unpaired) electrons. The third kappa shape index (κ3) is 3.52. The molecule has 2 aliphatic rings. The summed E-state index contributed by atoms with van der Waals surface area (Å²) in [6.07, 6.45) is 6.91. The quantitative estimate of drug-likeness (QED) is 0.896. The zero-order valence-electron chi connectivity index (χ0n) is 13.1. The Labute approximate surface area is 128 Å². The van der Waals surface area contributed by atoms with Gasteiger partial charge in [0, 0.05) is 6.54 Å². The summed E-state index contributed by atoms with van der Waals surface area (Å²) in [5.74, 6) is 3.23. The van der Waals surface area contributed by atoms with Gasteiger partial charge in [-0.25, -0.2) is 0 Å². The number of nitrogens with one attached hydrogen (secondary N) is 1. The molecule has 116 valence electrons. The minimum Gasteiger partial charge on any atom is -0.486 e. The van der Waals surface area contributed by atoms with Crippen molar-refractivity contribution in [1.29, 1.82) is 0 Å². The first kappa shape index (κ1) is 14.7. The van der Waals surface area contributed by atoms with E-state index in [2.05, 4.69) is 30.4 Å². The molecule has 1 heterocycles. The molecule has 3 nitrogen and oxygen atoms in total. The molecule has 1 unspecified atom stereocenters. The van der Waals surface area contributed by atoms with Crippen LogP contribution in [-0.2, 0) is 0 Å². The van der Waals surface area contributed by atoms with Crippen LogP contribution in [0.15, 0.2) is 18.2 Å². The van der Waals surface area contributed by atoms with Crippen LogP contribution in [0.3, 0.4) is 0 Å². The largest absolute Gasteiger partial charge is 0.486 e. The molecule has 0 saturated heterocycles. The van der Waals surface area contributed by atoms with Crippen LogP contribution in [0.2, 0.25) is 0 Å². The number of hydrogen-bond donors (Lipinski definition) is 1. The van der Waals surface area contributed by atoms with Crippen molar-refractivity contribution >= 4 is 0 Å². The summed E-state index contributed by atoms with van der Waals surface area (Å²) >= 11 is 0. The molecule has 1 saturated carbocycles. The maximum atomic E-state index is 5.76. The molecule has 1 fully saturated rings. The molecule has 3 rings (SSSR count). The SMILES string of the molecule is CCNCC(c1ccc2c(c1)OCCO2)C1CCCCC1. The van der Waals surface area contributed by atoms with Crippen molar-refractivity contribution in [3.8, 4) is 11.5 Å². The molecule has 1 atom stereocenters. The molecule has 1 N–H and O–H groups in total. The molecule has 0 amide bonds. The zero-order valence-corrected chi connectivity index (χ0v) is 13.1. The lowest BCUT2D eigenvalue weighted by molar-refractivity contribution is 0.171. The molecule has 1 aromatic rings. The molecular weight excluding hydrogens is 262 g/mol. The molecule has 1 aromatic carbocycles. The number of likely N-dealkylation sites (N-methyl/N-ethyl adjacent to an activating group) is 1. The molecule has 0 spiro atoms. The minimum absolute atomic E-state index is 0.598. The van der Waals surface area contributed by atoms with Gasteiger partial charge in [-0.2, -0.15) is 0 Å². The number of fused-ring (bicyclic) bond motifs is 1. The van der Waals surface area contributed by atoms with Crippen molar-refractivity contribution < 1.29 is 9.47 Å². The van der Waals surface area contributed by atoms with Crippen LogP contribution >= 0.6 is 0 Å². The maximum Gasteiger partial charge on any atom is 0.161 e. The Hall–Kier alpha value is -1.22. The van der Waals surface area contributed by atoms with Crippen LogP contribution in [0.5, 0.6) is 11.5 Å². The van der Waals surface area contributed by atoms with Crippen LogP contribution in [0.1, 0.15) is 50.5 Å². The van der Waals surface area contributed by atoms with Gasteiger partial charge >= 0.3 is 0 Å². The minimum atomic E-state index is 0.598. The highest BCUT2D eigenvalue weighted by molar-refractivity contribution is 5.45. The lowest BCUT2D eigenvalue weighted by Crippen LogP contribution is -2.28. The Bertz CT molecular complexity index is 455. The smallest absolute Gasteiger partial charge is 0.161 e. The molecule has 1 aliphatic carbocycles. The first-order chi connectivity index (χ1) is 10.4. The van der Waals surface area contributed by atoms with Crippen molar-refractivity contribution in [3.05, 3.63) is 23.8 Å². The first-order valence-corrected chi connectivity index (χ1v) is 8.48. The maximum absolute atomic E-state index is 5.76. The van der Waals surface area contributed by atoms with E-state index in [9.17, 15) is 0 Å². The normalized spacial score (nSPS) is 20.2. The topological polar surface area (TPSA) is 30.5 Å². The van der Waals surface area contributed by atoms with Crippen LogP contribution in [0, 0.1) is 5.92 Å². The predicted molar refractivity (Wildman–Crippen MR) is 85.3 cm³/mol. The Balaban J connectivity index is 1.80. The van der Waals surface area contributed by atoms with E-state index in [1.807, 2.05) is 0 Å². The van der Waals surface area contributed by atoms with Gasteiger partial charge in [-0.05, 0) is 48.9 Å². The zero-order chi connectivity index (χ0) is 14.5. The molecule has 0 aromatic heterocycles. The van der Waals surface area contributed by atoms with Crippen molar-refractivity contribution in [2.24, 2.45) is 5.92 Å². The summed E-state index contributed by atoms with van der Waals surface area (Å²) in [6, 6.07) is 6.54. The van der Waals surface area contributed by atoms with E-state index in [0.717, 1.165) is 30.5 Å². The Morgan fingerprint density at radius 3 is 2.62 bits per heavy atom. The molecular formula is C18H27NO2. The third-order valence-electron chi connectivity index (χ3n) is 4.83. The number of ether oxygens (including phenoxy) is 2. The highest BCUT2D eigenvalue weighted by Gasteiger charge is 2.26. The summed E-state index contributed by atoms with van der Waals surface area (Å²) in [5.41, 5.74) is 1.41. The predicted octanol–water partition coefficient (Wildman–Crippen LogP) is 3.73. The fourth-order valence-electron chi connectivity index (χ4n) is 3.68. The van der Waals surface area contributed by atoms with Crippen LogP contribution in [0.25, 0.3) is 0 Å². The number of hydrogen-bond acceptors (Lipinski definition) is 3. The monoisotopic (exact) mass is 289 g/mol. The van der Waals surface area contributed by atoms with Gasteiger partial charge in [0.05, 0.1) is 0 Å². The number of rotatable bonds is 5. The first-order valence-electron chi connectivity index (χ1n) is 8.48. The Morgan fingerprint density at radius 1 is 1.10 bits per heavy atom. The molecule has 1 aliphatic heterocycles. The number of benzene rings is 1. The van der Waals surface area contributed by atoms with Gasteiger partial charge in [-0.3, -0.25) is 0 Å². The van der Waals surface area contributed by atoms with Gasteiger partial charge in [0.2, 0.25) is 0 Å². The van der Waals surface area contributed by atoms with Crippen molar-refractivity contribution in [1.82, 2.24) is 5.32 Å². The van der Waals surface area contributed by atoms with E-state index in [0.29, 0.717) is 19.1 Å². The van der Waals surface area contributed by atoms with Crippen molar-refractivity contribution in [2.45, 2.75) is 44.9 Å². The summed E-state index contributed by atoms with van der Waals surface area (Å²) in [4.78, 5) is 0. The molecule has 21 heavy (non-hydrogen) atoms. The fraction of sp³-hybridized carbons (Fsp3) is 0.667. The van der Waals surface area contributed by atoms with E-state index in [4.69, 9.17) is 9.47 Å². The molecule has 3 heteroatoms. The lowest BCUT2D eigenvalue weighted by Gasteiger charge is -2.31. The van der Waals surface area contributed by atoms with Crippen molar-refractivity contribution in [3.63, 3.8) is 0 Å². The highest BCUT2D eigenvalue weighted by atomic mass is 16.6. The third-order valence-corrected chi connectivity index (χ3v) is 4.83. The Morgan fingerprint density at radius 2 is 1.86 bits per heavy atom. The second kappa shape index (κ2) is 7.17. The standard InChI is InChI=1S/C18H27NO2/c1-2-19-13-16(14-6-4-3-5-7-14)15-8-9-17-18(12-15)21-11-10-20-17/h8-9,12,14,16,19H,2-7,10-11,13H2,1H3. The second-order valence-corrected chi connectivity index (χ2v) is 6.22. The fourth-order valence-corrected chi connectivity index (χ4v) is 3.68. The van der Waals surface area contributed by atoms with Crippen LogP contribution in [-0.4, -0.2) is 26.3 Å². The average molecular weight is 289 g/mol. The van der Waals surface area contributed by atoms with Gasteiger partial charge in [0.25, 0.3) is 0 Å². The van der Waals surface area contributed by atoms with Gasteiger partial charge in [0.1, 0.15) is 13.2 Å². The molecule has 0 bridgehead atoms. The van der Waals surface area contributed by atoms with Gasteiger partial charge < -0.3 is 14.8 Å². The summed E-state index contributed by atoms with van der Waals surface area (Å²) in [7, 11) is 0. The summed E-state index contributed by atoms with van der Waals surface area (Å²) in [5, 5.41) is 3.55. The Kier molecular flexibility index (Phi) is 5.02.